The predicted octanol–water partition coefficient (Wildman–Crippen LogP) is 3.18. The molecule has 1 N–H and O–H groups in total. The van der Waals surface area contributed by atoms with Crippen molar-refractivity contribution in [1.82, 2.24) is 0 Å². The number of alkyl halides is 4. The molecular formula is C11H10F4N2. The van der Waals surface area contributed by atoms with E-state index in [0.717, 1.165) is 5.56 Å². The highest BCUT2D eigenvalue weighted by Crippen LogP contribution is 2.24. The maximum Gasteiger partial charge on any atom is 0.324 e. The molecule has 0 saturated heterocycles. The third-order valence-corrected chi connectivity index (χ3v) is 2.13. The SMILES string of the molecule is Cc1ccc(NCC(F)(F)C(F)F)c(C#N)c1. The van der Waals surface area contributed by atoms with Crippen LogP contribution in [-0.2, 0) is 0 Å². The predicted molar refractivity (Wildman–Crippen MR) is 55.3 cm³/mol. The zero-order chi connectivity index (χ0) is 13.1. The minimum absolute atomic E-state index is 0.124. The van der Waals surface area contributed by atoms with Gasteiger partial charge in [0.05, 0.1) is 17.8 Å². The van der Waals surface area contributed by atoms with E-state index in [1.807, 2.05) is 0 Å². The van der Waals surface area contributed by atoms with E-state index in [4.69, 9.17) is 5.26 Å². The van der Waals surface area contributed by atoms with Crippen molar-refractivity contribution >= 4 is 5.69 Å². The standard InChI is InChI=1S/C11H10F4N2/c1-7-2-3-9(8(4-7)5-16)17-6-11(14,15)10(12)13/h2-4,10,17H,6H2,1H3. The van der Waals surface area contributed by atoms with E-state index in [9.17, 15) is 17.6 Å². The highest BCUT2D eigenvalue weighted by molar-refractivity contribution is 5.58. The van der Waals surface area contributed by atoms with E-state index in [1.165, 1.54) is 12.1 Å². The Labute approximate surface area is 95.9 Å². The fraction of sp³-hybridized carbons (Fsp3) is 0.364. The van der Waals surface area contributed by atoms with E-state index in [0.29, 0.717) is 0 Å². The molecule has 0 aliphatic rings. The van der Waals surface area contributed by atoms with Gasteiger partial charge in [-0.2, -0.15) is 14.0 Å². The molecular weight excluding hydrogens is 236 g/mol. The Morgan fingerprint density at radius 3 is 2.59 bits per heavy atom. The fourth-order valence-electron chi connectivity index (χ4n) is 1.19. The second-order valence-electron chi connectivity index (χ2n) is 3.58. The molecule has 92 valence electrons. The van der Waals surface area contributed by atoms with Crippen molar-refractivity contribution in [3.05, 3.63) is 29.3 Å². The summed E-state index contributed by atoms with van der Waals surface area (Å²) in [6.45, 7) is 0.529. The van der Waals surface area contributed by atoms with Crippen LogP contribution in [0, 0.1) is 18.3 Å². The van der Waals surface area contributed by atoms with Crippen LogP contribution in [0.1, 0.15) is 11.1 Å². The summed E-state index contributed by atoms with van der Waals surface area (Å²) in [6.07, 6.45) is -3.73. The second-order valence-corrected chi connectivity index (χ2v) is 3.58. The number of hydrogen-bond acceptors (Lipinski definition) is 2. The molecule has 0 fully saturated rings. The Balaban J connectivity index is 2.80. The molecule has 0 heterocycles. The Bertz CT molecular complexity index is 438. The van der Waals surface area contributed by atoms with E-state index >= 15 is 0 Å². The molecule has 0 aliphatic heterocycles. The monoisotopic (exact) mass is 246 g/mol. The molecule has 0 saturated carbocycles. The van der Waals surface area contributed by atoms with Gasteiger partial charge in [-0.25, -0.2) is 8.78 Å². The van der Waals surface area contributed by atoms with Crippen molar-refractivity contribution in [3.8, 4) is 6.07 Å². The van der Waals surface area contributed by atoms with Crippen LogP contribution in [0.5, 0.6) is 0 Å². The van der Waals surface area contributed by atoms with Crippen molar-refractivity contribution in [2.24, 2.45) is 0 Å². The van der Waals surface area contributed by atoms with Gasteiger partial charge in [0.25, 0.3) is 0 Å². The summed E-state index contributed by atoms with van der Waals surface area (Å²) in [7, 11) is 0. The molecule has 0 bridgehead atoms. The Hall–Kier alpha value is -1.77. The van der Waals surface area contributed by atoms with Crippen LogP contribution in [-0.4, -0.2) is 18.9 Å². The van der Waals surface area contributed by atoms with Crippen LogP contribution in [0.2, 0.25) is 0 Å². The van der Waals surface area contributed by atoms with Crippen molar-refractivity contribution < 1.29 is 17.6 Å². The van der Waals surface area contributed by atoms with Crippen molar-refractivity contribution in [3.63, 3.8) is 0 Å². The van der Waals surface area contributed by atoms with Gasteiger partial charge in [0.1, 0.15) is 6.07 Å². The minimum Gasteiger partial charge on any atom is -0.378 e. The topological polar surface area (TPSA) is 35.8 Å². The molecule has 17 heavy (non-hydrogen) atoms. The van der Waals surface area contributed by atoms with Gasteiger partial charge in [0.2, 0.25) is 0 Å². The van der Waals surface area contributed by atoms with Gasteiger partial charge in [-0.05, 0) is 24.6 Å². The van der Waals surface area contributed by atoms with Crippen LogP contribution >= 0.6 is 0 Å². The van der Waals surface area contributed by atoms with Crippen molar-refractivity contribution in [2.45, 2.75) is 19.3 Å². The smallest absolute Gasteiger partial charge is 0.324 e. The van der Waals surface area contributed by atoms with Crippen molar-refractivity contribution in [1.29, 1.82) is 5.26 Å². The van der Waals surface area contributed by atoms with Crippen LogP contribution in [0.25, 0.3) is 0 Å². The highest BCUT2D eigenvalue weighted by atomic mass is 19.3. The van der Waals surface area contributed by atoms with E-state index in [1.54, 1.807) is 19.1 Å². The zero-order valence-electron chi connectivity index (χ0n) is 8.98. The quantitative estimate of drug-likeness (QED) is 0.828. The molecule has 1 aromatic carbocycles. The largest absolute Gasteiger partial charge is 0.378 e. The summed E-state index contributed by atoms with van der Waals surface area (Å²) < 4.78 is 49.1. The second kappa shape index (κ2) is 5.04. The maximum absolute atomic E-state index is 12.7. The summed E-state index contributed by atoms with van der Waals surface area (Å²) in [5.74, 6) is -4.11. The Morgan fingerprint density at radius 1 is 1.41 bits per heavy atom. The average Bonchev–Trinajstić information content (AvgIpc) is 2.27. The van der Waals surface area contributed by atoms with Gasteiger partial charge in [-0.1, -0.05) is 6.07 Å². The lowest BCUT2D eigenvalue weighted by molar-refractivity contribution is -0.117. The number of benzene rings is 1. The molecule has 0 atom stereocenters. The fourth-order valence-corrected chi connectivity index (χ4v) is 1.19. The molecule has 0 radical (unpaired) electrons. The normalized spacial score (nSPS) is 11.4. The summed E-state index contributed by atoms with van der Waals surface area (Å²) in [6, 6.07) is 6.31. The lowest BCUT2D eigenvalue weighted by atomic mass is 10.1. The van der Waals surface area contributed by atoms with Crippen LogP contribution < -0.4 is 5.32 Å². The number of nitriles is 1. The number of nitrogens with zero attached hydrogens (tertiary/aromatic N) is 1. The lowest BCUT2D eigenvalue weighted by Crippen LogP contribution is -2.34. The number of hydrogen-bond donors (Lipinski definition) is 1. The Morgan fingerprint density at radius 2 is 2.06 bits per heavy atom. The summed E-state index contributed by atoms with van der Waals surface area (Å²) in [4.78, 5) is 0. The maximum atomic E-state index is 12.7. The molecule has 0 spiro atoms. The summed E-state index contributed by atoms with van der Waals surface area (Å²) in [5, 5.41) is 10.9. The van der Waals surface area contributed by atoms with Gasteiger partial charge in [0.15, 0.2) is 0 Å². The number of halogens is 4. The lowest BCUT2D eigenvalue weighted by Gasteiger charge is -2.17. The first kappa shape index (κ1) is 13.3. The molecule has 0 aliphatic carbocycles. The zero-order valence-corrected chi connectivity index (χ0v) is 8.98. The first-order valence-corrected chi connectivity index (χ1v) is 4.77. The van der Waals surface area contributed by atoms with Crippen LogP contribution in [0.4, 0.5) is 23.2 Å². The third-order valence-electron chi connectivity index (χ3n) is 2.13. The van der Waals surface area contributed by atoms with Gasteiger partial charge in [-0.15, -0.1) is 0 Å². The Kier molecular flexibility index (Phi) is 3.94. The molecule has 0 aromatic heterocycles. The first-order valence-electron chi connectivity index (χ1n) is 4.77. The molecule has 2 nitrogen and oxygen atoms in total. The van der Waals surface area contributed by atoms with E-state index in [2.05, 4.69) is 5.32 Å². The molecule has 1 aromatic rings. The summed E-state index contributed by atoms with van der Waals surface area (Å²) in [5.41, 5.74) is 1.06. The average molecular weight is 246 g/mol. The number of nitrogens with one attached hydrogen (secondary N) is 1. The van der Waals surface area contributed by atoms with Crippen molar-refractivity contribution in [2.75, 3.05) is 11.9 Å². The third kappa shape index (κ3) is 3.34. The number of rotatable bonds is 4. The van der Waals surface area contributed by atoms with Crippen LogP contribution in [0.15, 0.2) is 18.2 Å². The number of aryl methyl sites for hydroxylation is 1. The molecule has 6 heteroatoms. The van der Waals surface area contributed by atoms with Gasteiger partial charge >= 0.3 is 12.3 Å². The molecule has 0 unspecified atom stereocenters. The molecule has 1 rings (SSSR count). The van der Waals surface area contributed by atoms with Crippen LogP contribution in [0.3, 0.4) is 0 Å². The summed E-state index contributed by atoms with van der Waals surface area (Å²) >= 11 is 0. The molecule has 0 amide bonds. The highest BCUT2D eigenvalue weighted by Gasteiger charge is 2.40. The van der Waals surface area contributed by atoms with Gasteiger partial charge in [0, 0.05) is 0 Å². The number of anilines is 1. The van der Waals surface area contributed by atoms with E-state index < -0.39 is 18.9 Å². The minimum atomic E-state index is -4.11. The van der Waals surface area contributed by atoms with Gasteiger partial charge < -0.3 is 5.32 Å². The van der Waals surface area contributed by atoms with E-state index in [-0.39, 0.29) is 11.3 Å². The first-order chi connectivity index (χ1) is 7.86. The van der Waals surface area contributed by atoms with Gasteiger partial charge in [-0.3, -0.25) is 0 Å².